The van der Waals surface area contributed by atoms with Crippen molar-refractivity contribution >= 4 is 5.91 Å². The Labute approximate surface area is 142 Å². The van der Waals surface area contributed by atoms with E-state index in [2.05, 4.69) is 31.2 Å². The summed E-state index contributed by atoms with van der Waals surface area (Å²) in [5, 5.41) is 0. The molecule has 3 rings (SSSR count). The van der Waals surface area contributed by atoms with Crippen molar-refractivity contribution in [1.29, 1.82) is 0 Å². The number of nitrogens with zero attached hydrogens (tertiary/aromatic N) is 1. The van der Waals surface area contributed by atoms with Crippen LogP contribution in [0.4, 0.5) is 0 Å². The van der Waals surface area contributed by atoms with Crippen LogP contribution in [0.5, 0.6) is 0 Å². The summed E-state index contributed by atoms with van der Waals surface area (Å²) in [6.45, 7) is 5.07. The minimum Gasteiger partial charge on any atom is -0.467 e. The lowest BCUT2D eigenvalue weighted by molar-refractivity contribution is 0.0717. The van der Waals surface area contributed by atoms with E-state index in [1.54, 1.807) is 6.26 Å². The molecule has 1 amide bonds. The van der Waals surface area contributed by atoms with E-state index in [4.69, 9.17) is 4.42 Å². The Morgan fingerprint density at radius 3 is 2.08 bits per heavy atom. The molecule has 0 N–H and O–H groups in total. The average molecular weight is 319 g/mol. The third-order valence-corrected chi connectivity index (χ3v) is 4.01. The van der Waals surface area contributed by atoms with E-state index in [0.29, 0.717) is 18.7 Å². The predicted molar refractivity (Wildman–Crippen MR) is 94.6 cm³/mol. The molecule has 24 heavy (non-hydrogen) atoms. The quantitative estimate of drug-likeness (QED) is 0.680. The molecule has 1 heterocycles. The summed E-state index contributed by atoms with van der Waals surface area (Å²) in [5.74, 6) is 0.787. The Kier molecular flexibility index (Phi) is 4.80. The number of rotatable bonds is 5. The first-order chi connectivity index (χ1) is 11.6. The van der Waals surface area contributed by atoms with Gasteiger partial charge in [0.05, 0.1) is 12.8 Å². The molecule has 0 aliphatic heterocycles. The van der Waals surface area contributed by atoms with Gasteiger partial charge in [0.15, 0.2) is 0 Å². The summed E-state index contributed by atoms with van der Waals surface area (Å²) in [6, 6.07) is 19.7. The number of carbonyl (C=O) groups is 1. The van der Waals surface area contributed by atoms with Crippen LogP contribution < -0.4 is 0 Å². The Balaban J connectivity index is 1.84. The summed E-state index contributed by atoms with van der Waals surface area (Å²) in [6.07, 6.45) is 1.63. The van der Waals surface area contributed by atoms with Crippen molar-refractivity contribution in [3.63, 3.8) is 0 Å². The van der Waals surface area contributed by atoms with E-state index >= 15 is 0 Å². The van der Waals surface area contributed by atoms with Crippen molar-refractivity contribution in [2.45, 2.75) is 26.9 Å². The number of benzene rings is 2. The van der Waals surface area contributed by atoms with Crippen LogP contribution in [0.2, 0.25) is 0 Å². The first kappa shape index (κ1) is 16.1. The second kappa shape index (κ2) is 7.18. The fourth-order valence-electron chi connectivity index (χ4n) is 2.58. The highest BCUT2D eigenvalue weighted by atomic mass is 16.3. The highest BCUT2D eigenvalue weighted by Gasteiger charge is 2.17. The van der Waals surface area contributed by atoms with Crippen molar-refractivity contribution in [1.82, 2.24) is 4.90 Å². The molecule has 0 saturated carbocycles. The lowest BCUT2D eigenvalue weighted by Crippen LogP contribution is -2.30. The van der Waals surface area contributed by atoms with Gasteiger partial charge in [-0.1, -0.05) is 47.5 Å². The molecule has 0 aliphatic carbocycles. The van der Waals surface area contributed by atoms with Gasteiger partial charge in [-0.05, 0) is 43.7 Å². The Morgan fingerprint density at radius 2 is 1.50 bits per heavy atom. The Hall–Kier alpha value is -2.81. The minimum absolute atomic E-state index is 0.00646. The number of amides is 1. The molecule has 3 nitrogen and oxygen atoms in total. The molecule has 0 bridgehead atoms. The van der Waals surface area contributed by atoms with Gasteiger partial charge in [-0.15, -0.1) is 0 Å². The largest absolute Gasteiger partial charge is 0.467 e. The van der Waals surface area contributed by atoms with Crippen LogP contribution in [0.15, 0.2) is 71.3 Å². The highest BCUT2D eigenvalue weighted by Crippen LogP contribution is 2.15. The average Bonchev–Trinajstić information content (AvgIpc) is 3.09. The summed E-state index contributed by atoms with van der Waals surface area (Å²) in [4.78, 5) is 14.8. The first-order valence-electron chi connectivity index (χ1n) is 8.06. The summed E-state index contributed by atoms with van der Waals surface area (Å²) in [5.41, 5.74) is 4.15. The second-order valence-corrected chi connectivity index (χ2v) is 6.09. The maximum Gasteiger partial charge on any atom is 0.254 e. The Bertz CT molecular complexity index is 787. The van der Waals surface area contributed by atoms with Crippen molar-refractivity contribution < 1.29 is 9.21 Å². The smallest absolute Gasteiger partial charge is 0.254 e. The molecular weight excluding hydrogens is 298 g/mol. The van der Waals surface area contributed by atoms with Crippen molar-refractivity contribution in [2.24, 2.45) is 0 Å². The molecule has 3 heteroatoms. The summed E-state index contributed by atoms with van der Waals surface area (Å²) in [7, 11) is 0. The van der Waals surface area contributed by atoms with Gasteiger partial charge in [-0.2, -0.15) is 0 Å². The Morgan fingerprint density at radius 1 is 0.875 bits per heavy atom. The molecule has 122 valence electrons. The van der Waals surface area contributed by atoms with Crippen molar-refractivity contribution in [2.75, 3.05) is 0 Å². The van der Waals surface area contributed by atoms with Crippen LogP contribution in [-0.2, 0) is 13.1 Å². The van der Waals surface area contributed by atoms with Gasteiger partial charge >= 0.3 is 0 Å². The molecule has 0 unspecified atom stereocenters. The molecular formula is C21H21NO2. The van der Waals surface area contributed by atoms with Gasteiger partial charge in [-0.3, -0.25) is 4.79 Å². The van der Waals surface area contributed by atoms with Crippen LogP contribution in [0.3, 0.4) is 0 Å². The van der Waals surface area contributed by atoms with Gasteiger partial charge in [0, 0.05) is 12.1 Å². The number of hydrogen-bond donors (Lipinski definition) is 0. The van der Waals surface area contributed by atoms with E-state index in [-0.39, 0.29) is 5.91 Å². The van der Waals surface area contributed by atoms with Crippen LogP contribution in [0, 0.1) is 13.8 Å². The summed E-state index contributed by atoms with van der Waals surface area (Å²) < 4.78 is 5.43. The number of aryl methyl sites for hydroxylation is 2. The second-order valence-electron chi connectivity index (χ2n) is 6.09. The molecule has 0 fully saturated rings. The van der Waals surface area contributed by atoms with E-state index in [9.17, 15) is 4.79 Å². The lowest BCUT2D eigenvalue weighted by Gasteiger charge is -2.22. The SMILES string of the molecule is Cc1ccc(CN(Cc2ccco2)C(=O)c2ccc(C)cc2)cc1. The van der Waals surface area contributed by atoms with Gasteiger partial charge in [0.2, 0.25) is 0 Å². The maximum absolute atomic E-state index is 12.9. The summed E-state index contributed by atoms with van der Waals surface area (Å²) >= 11 is 0. The van der Waals surface area contributed by atoms with Crippen LogP contribution >= 0.6 is 0 Å². The molecule has 0 aliphatic rings. The van der Waals surface area contributed by atoms with Crippen LogP contribution in [0.25, 0.3) is 0 Å². The topological polar surface area (TPSA) is 33.5 Å². The van der Waals surface area contributed by atoms with Gasteiger partial charge in [0.25, 0.3) is 5.91 Å². The first-order valence-corrected chi connectivity index (χ1v) is 8.06. The highest BCUT2D eigenvalue weighted by molar-refractivity contribution is 5.94. The minimum atomic E-state index is 0.00646. The number of furan rings is 1. The van der Waals surface area contributed by atoms with Crippen molar-refractivity contribution in [3.05, 3.63) is 94.9 Å². The standard InChI is InChI=1S/C21H21NO2/c1-16-5-9-18(10-6-16)14-22(15-20-4-3-13-24-20)21(23)19-11-7-17(2)8-12-19/h3-13H,14-15H2,1-2H3. The molecule has 3 aromatic rings. The zero-order chi connectivity index (χ0) is 16.9. The molecule has 0 spiro atoms. The monoisotopic (exact) mass is 319 g/mol. The van der Waals surface area contributed by atoms with Gasteiger partial charge in [-0.25, -0.2) is 0 Å². The van der Waals surface area contributed by atoms with Crippen LogP contribution in [-0.4, -0.2) is 10.8 Å². The molecule has 2 aromatic carbocycles. The lowest BCUT2D eigenvalue weighted by atomic mass is 10.1. The normalized spacial score (nSPS) is 10.6. The predicted octanol–water partition coefficient (Wildman–Crippen LogP) is 4.74. The zero-order valence-electron chi connectivity index (χ0n) is 14.0. The third-order valence-electron chi connectivity index (χ3n) is 4.01. The molecule has 0 atom stereocenters. The number of hydrogen-bond acceptors (Lipinski definition) is 2. The van der Waals surface area contributed by atoms with Gasteiger partial charge < -0.3 is 9.32 Å². The molecule has 0 radical (unpaired) electrons. The van der Waals surface area contributed by atoms with E-state index < -0.39 is 0 Å². The molecule has 0 saturated heterocycles. The van der Waals surface area contributed by atoms with Gasteiger partial charge in [0.1, 0.15) is 5.76 Å². The fourth-order valence-corrected chi connectivity index (χ4v) is 2.58. The third kappa shape index (κ3) is 3.93. The van der Waals surface area contributed by atoms with E-state index in [0.717, 1.165) is 16.9 Å². The number of carbonyl (C=O) groups excluding carboxylic acids is 1. The van der Waals surface area contributed by atoms with E-state index in [1.165, 1.54) is 5.56 Å². The maximum atomic E-state index is 12.9. The van der Waals surface area contributed by atoms with E-state index in [1.807, 2.05) is 48.2 Å². The van der Waals surface area contributed by atoms with Crippen molar-refractivity contribution in [3.8, 4) is 0 Å². The van der Waals surface area contributed by atoms with Crippen LogP contribution in [0.1, 0.15) is 32.8 Å². The zero-order valence-corrected chi connectivity index (χ0v) is 14.0. The fraction of sp³-hybridized carbons (Fsp3) is 0.190. The molecule has 1 aromatic heterocycles.